The first kappa shape index (κ1) is 13.8. The van der Waals surface area contributed by atoms with Crippen molar-refractivity contribution in [3.8, 4) is 0 Å². The van der Waals surface area contributed by atoms with Crippen molar-refractivity contribution in [3.63, 3.8) is 0 Å². The number of nitrogens with one attached hydrogen (secondary N) is 1. The van der Waals surface area contributed by atoms with Gasteiger partial charge in [0.05, 0.1) is 6.21 Å². The summed E-state index contributed by atoms with van der Waals surface area (Å²) in [5.74, 6) is 2.29. The van der Waals surface area contributed by atoms with Gasteiger partial charge in [0.2, 0.25) is 5.91 Å². The predicted octanol–water partition coefficient (Wildman–Crippen LogP) is 3.25. The fourth-order valence-electron chi connectivity index (χ4n) is 2.31. The number of nitrogens with zero attached hydrogens (tertiary/aromatic N) is 1. The molecule has 19 heavy (non-hydrogen) atoms. The highest BCUT2D eigenvalue weighted by atomic mass is 16.3. The number of hydrazone groups is 1. The molecule has 1 saturated carbocycles. The van der Waals surface area contributed by atoms with Crippen LogP contribution < -0.4 is 5.43 Å². The zero-order chi connectivity index (χ0) is 13.7. The smallest absolute Gasteiger partial charge is 0.243 e. The maximum atomic E-state index is 11.8. The Morgan fingerprint density at radius 2 is 2.37 bits per heavy atom. The second kappa shape index (κ2) is 6.55. The van der Waals surface area contributed by atoms with Crippen LogP contribution in [0.2, 0.25) is 0 Å². The number of furan rings is 1. The Morgan fingerprint density at radius 1 is 1.53 bits per heavy atom. The first-order valence-electron chi connectivity index (χ1n) is 7.10. The van der Waals surface area contributed by atoms with E-state index in [1.54, 1.807) is 6.21 Å². The number of rotatable bonds is 7. The molecular formula is C15H22N2O2. The third-order valence-electron chi connectivity index (χ3n) is 3.57. The van der Waals surface area contributed by atoms with Gasteiger partial charge in [0.15, 0.2) is 0 Å². The van der Waals surface area contributed by atoms with Crippen molar-refractivity contribution >= 4 is 12.1 Å². The lowest BCUT2D eigenvalue weighted by Crippen LogP contribution is -2.20. The van der Waals surface area contributed by atoms with Crippen molar-refractivity contribution in [1.82, 2.24) is 5.43 Å². The molecule has 0 aliphatic heterocycles. The molecule has 4 nitrogen and oxygen atoms in total. The second-order valence-electron chi connectivity index (χ2n) is 5.28. The van der Waals surface area contributed by atoms with Gasteiger partial charge in [0.25, 0.3) is 0 Å². The van der Waals surface area contributed by atoms with E-state index in [0.29, 0.717) is 11.7 Å². The van der Waals surface area contributed by atoms with E-state index in [4.69, 9.17) is 4.42 Å². The Balaban J connectivity index is 1.67. The fourth-order valence-corrected chi connectivity index (χ4v) is 2.31. The summed E-state index contributed by atoms with van der Waals surface area (Å²) in [5, 5.41) is 3.93. The summed E-state index contributed by atoms with van der Waals surface area (Å²) in [5.41, 5.74) is 2.59. The standard InChI is InChI=1S/C15H22N2O2/c1-3-4-5-6-12-9-14(12)15(18)17-16-10-13-8-7-11(2)19-13/h7-8,10,12,14H,3-6,9H2,1-2H3,(H,17,18)/b16-10+. The number of unbranched alkanes of at least 4 members (excludes halogenated alkanes) is 2. The van der Waals surface area contributed by atoms with Crippen molar-refractivity contribution in [3.05, 3.63) is 23.7 Å². The Morgan fingerprint density at radius 3 is 3.05 bits per heavy atom. The summed E-state index contributed by atoms with van der Waals surface area (Å²) in [7, 11) is 0. The highest BCUT2D eigenvalue weighted by molar-refractivity contribution is 5.83. The molecule has 1 aromatic heterocycles. The van der Waals surface area contributed by atoms with Crippen LogP contribution in [0.4, 0.5) is 0 Å². The van der Waals surface area contributed by atoms with Crippen molar-refractivity contribution in [2.75, 3.05) is 0 Å². The summed E-state index contributed by atoms with van der Waals surface area (Å²) < 4.78 is 5.33. The summed E-state index contributed by atoms with van der Waals surface area (Å²) in [4.78, 5) is 11.8. The van der Waals surface area contributed by atoms with E-state index in [1.165, 1.54) is 25.7 Å². The van der Waals surface area contributed by atoms with Crippen molar-refractivity contribution < 1.29 is 9.21 Å². The molecule has 0 radical (unpaired) electrons. The lowest BCUT2D eigenvalue weighted by molar-refractivity contribution is -0.122. The summed E-state index contributed by atoms with van der Waals surface area (Å²) in [6.07, 6.45) is 7.47. The molecule has 0 aromatic carbocycles. The predicted molar refractivity (Wildman–Crippen MR) is 74.9 cm³/mol. The van der Waals surface area contributed by atoms with E-state index in [-0.39, 0.29) is 11.8 Å². The van der Waals surface area contributed by atoms with Crippen LogP contribution in [0.5, 0.6) is 0 Å². The van der Waals surface area contributed by atoms with Gasteiger partial charge in [-0.15, -0.1) is 0 Å². The zero-order valence-corrected chi connectivity index (χ0v) is 11.7. The maximum absolute atomic E-state index is 11.8. The summed E-state index contributed by atoms with van der Waals surface area (Å²) >= 11 is 0. The van der Waals surface area contributed by atoms with E-state index >= 15 is 0 Å². The van der Waals surface area contributed by atoms with Gasteiger partial charge in [-0.2, -0.15) is 5.10 Å². The van der Waals surface area contributed by atoms with Crippen molar-refractivity contribution in [2.45, 2.75) is 46.0 Å². The number of amides is 1. The molecule has 0 spiro atoms. The molecule has 1 aliphatic rings. The molecule has 2 unspecified atom stereocenters. The largest absolute Gasteiger partial charge is 0.460 e. The van der Waals surface area contributed by atoms with Crippen LogP contribution in [0.3, 0.4) is 0 Å². The first-order valence-corrected chi connectivity index (χ1v) is 7.10. The van der Waals surface area contributed by atoms with Gasteiger partial charge in [-0.1, -0.05) is 26.2 Å². The quantitative estimate of drug-likeness (QED) is 0.466. The number of hydrogen-bond donors (Lipinski definition) is 1. The van der Waals surface area contributed by atoms with E-state index in [2.05, 4.69) is 17.5 Å². The average Bonchev–Trinajstić information content (AvgIpc) is 3.05. The van der Waals surface area contributed by atoms with E-state index in [9.17, 15) is 4.79 Å². The molecular weight excluding hydrogens is 240 g/mol. The van der Waals surface area contributed by atoms with Gasteiger partial charge in [0.1, 0.15) is 11.5 Å². The molecule has 4 heteroatoms. The molecule has 1 heterocycles. The van der Waals surface area contributed by atoms with Crippen molar-refractivity contribution in [2.24, 2.45) is 16.9 Å². The second-order valence-corrected chi connectivity index (χ2v) is 5.28. The van der Waals surface area contributed by atoms with Gasteiger partial charge < -0.3 is 4.42 Å². The normalized spacial score (nSPS) is 21.8. The van der Waals surface area contributed by atoms with E-state index in [0.717, 1.165) is 12.2 Å². The Hall–Kier alpha value is -1.58. The first-order chi connectivity index (χ1) is 9.20. The summed E-state index contributed by atoms with van der Waals surface area (Å²) in [6, 6.07) is 3.70. The van der Waals surface area contributed by atoms with Gasteiger partial charge in [-0.3, -0.25) is 4.79 Å². The topological polar surface area (TPSA) is 54.6 Å². The molecule has 1 amide bonds. The van der Waals surface area contributed by atoms with Crippen LogP contribution in [-0.4, -0.2) is 12.1 Å². The Kier molecular flexibility index (Phi) is 4.77. The van der Waals surface area contributed by atoms with Crippen LogP contribution >= 0.6 is 0 Å². The number of carbonyl (C=O) groups excluding carboxylic acids is 1. The van der Waals surface area contributed by atoms with Crippen LogP contribution in [0, 0.1) is 18.8 Å². The highest BCUT2D eigenvalue weighted by Crippen LogP contribution is 2.42. The van der Waals surface area contributed by atoms with Crippen LogP contribution in [0.15, 0.2) is 21.7 Å². The maximum Gasteiger partial charge on any atom is 0.243 e. The molecule has 1 aromatic rings. The van der Waals surface area contributed by atoms with E-state index in [1.807, 2.05) is 19.1 Å². The lowest BCUT2D eigenvalue weighted by Gasteiger charge is -1.99. The minimum Gasteiger partial charge on any atom is -0.460 e. The number of hydrogen-bond acceptors (Lipinski definition) is 3. The number of aryl methyl sites for hydroxylation is 1. The average molecular weight is 262 g/mol. The minimum atomic E-state index is 0.0426. The number of carbonyl (C=O) groups is 1. The third-order valence-corrected chi connectivity index (χ3v) is 3.57. The van der Waals surface area contributed by atoms with Crippen molar-refractivity contribution in [1.29, 1.82) is 0 Å². The zero-order valence-electron chi connectivity index (χ0n) is 11.7. The fraction of sp³-hybridized carbons (Fsp3) is 0.600. The van der Waals surface area contributed by atoms with E-state index < -0.39 is 0 Å². The lowest BCUT2D eigenvalue weighted by atomic mass is 10.1. The highest BCUT2D eigenvalue weighted by Gasteiger charge is 2.41. The molecule has 2 rings (SSSR count). The van der Waals surface area contributed by atoms with Gasteiger partial charge in [0, 0.05) is 5.92 Å². The van der Waals surface area contributed by atoms with Gasteiger partial charge in [-0.05, 0) is 37.8 Å². The van der Waals surface area contributed by atoms with Crippen LogP contribution in [-0.2, 0) is 4.79 Å². The van der Waals surface area contributed by atoms with Gasteiger partial charge >= 0.3 is 0 Å². The monoisotopic (exact) mass is 262 g/mol. The molecule has 0 saturated heterocycles. The molecule has 1 aliphatic carbocycles. The van der Waals surface area contributed by atoms with Crippen LogP contribution in [0.1, 0.15) is 50.5 Å². The Bertz CT molecular complexity index is 451. The van der Waals surface area contributed by atoms with Crippen LogP contribution in [0.25, 0.3) is 0 Å². The Labute approximate surface area is 114 Å². The molecule has 1 N–H and O–H groups in total. The van der Waals surface area contributed by atoms with Gasteiger partial charge in [-0.25, -0.2) is 5.43 Å². The molecule has 0 bridgehead atoms. The SMILES string of the molecule is CCCCCC1CC1C(=O)N/N=C/c1ccc(C)o1. The third kappa shape index (κ3) is 4.23. The minimum absolute atomic E-state index is 0.0426. The molecule has 2 atom stereocenters. The molecule has 1 fully saturated rings. The molecule has 104 valence electrons. The summed E-state index contributed by atoms with van der Waals surface area (Å²) in [6.45, 7) is 4.07.